The number of hydrogen-bond acceptors (Lipinski definition) is 10. The molecular weight excluding hydrogens is 670 g/mol. The topological polar surface area (TPSA) is 185 Å². The number of anilines is 2. The fourth-order valence-corrected chi connectivity index (χ4v) is 6.05. The maximum Gasteiger partial charge on any atom is 0.305 e. The summed E-state index contributed by atoms with van der Waals surface area (Å²) in [6.45, 7) is 2.74. The van der Waals surface area contributed by atoms with Crippen LogP contribution in [0.1, 0.15) is 66.6 Å². The molecule has 5 rings (SSSR count). The van der Waals surface area contributed by atoms with Crippen LogP contribution in [0.15, 0.2) is 59.6 Å². The molecule has 3 atom stereocenters. The average molecular weight is 714 g/mol. The highest BCUT2D eigenvalue weighted by Crippen LogP contribution is 2.41. The number of methoxy groups -OCH3 is 2. The molecule has 4 N–H and O–H groups in total. The Morgan fingerprint density at radius 3 is 2.40 bits per heavy atom. The van der Waals surface area contributed by atoms with Crippen molar-refractivity contribution in [3.63, 3.8) is 0 Å². The Hall–Kier alpha value is -5.76. The number of ether oxygens (including phenoxy) is 3. The number of unbranched alkanes of at least 4 members (excludes halogenated alkanes) is 1. The molecule has 0 saturated heterocycles. The summed E-state index contributed by atoms with van der Waals surface area (Å²) in [4.78, 5) is 69.3. The molecule has 274 valence electrons. The normalized spacial score (nSPS) is 15.3. The van der Waals surface area contributed by atoms with Gasteiger partial charge in [-0.3, -0.25) is 33.9 Å². The molecule has 52 heavy (non-hydrogen) atoms. The summed E-state index contributed by atoms with van der Waals surface area (Å²) < 4.78 is 16.3. The molecule has 0 saturated carbocycles. The molecule has 3 aromatic carbocycles. The molecule has 14 nitrogen and oxygen atoms in total. The van der Waals surface area contributed by atoms with E-state index in [9.17, 15) is 29.1 Å². The van der Waals surface area contributed by atoms with E-state index in [0.717, 1.165) is 11.3 Å². The molecular formula is C38H43N5O9. The highest BCUT2D eigenvalue weighted by atomic mass is 16.5. The number of aliphatic imine (C=N–C) groups is 1. The molecule has 4 amide bonds. The Morgan fingerprint density at radius 1 is 0.923 bits per heavy atom. The summed E-state index contributed by atoms with van der Waals surface area (Å²) in [6, 6.07) is 14.0. The zero-order valence-electron chi connectivity index (χ0n) is 29.6. The summed E-state index contributed by atoms with van der Waals surface area (Å²) in [6.07, 6.45) is 3.74. The van der Waals surface area contributed by atoms with Crippen molar-refractivity contribution in [1.29, 1.82) is 0 Å². The van der Waals surface area contributed by atoms with Crippen LogP contribution < -0.4 is 30.3 Å². The number of aliphatic hydroxyl groups excluding tert-OH is 1. The first-order chi connectivity index (χ1) is 25.0. The Morgan fingerprint density at radius 2 is 1.65 bits per heavy atom. The van der Waals surface area contributed by atoms with Gasteiger partial charge < -0.3 is 35.3 Å². The van der Waals surface area contributed by atoms with Crippen LogP contribution in [0.5, 0.6) is 11.5 Å². The number of rotatable bonds is 15. The average Bonchev–Trinajstić information content (AvgIpc) is 3.46. The quantitative estimate of drug-likeness (QED) is 0.135. The van der Waals surface area contributed by atoms with Gasteiger partial charge in [-0.1, -0.05) is 18.2 Å². The number of para-hydroxylation sites is 1. The van der Waals surface area contributed by atoms with Gasteiger partial charge in [0.05, 0.1) is 38.1 Å². The lowest BCUT2D eigenvalue weighted by atomic mass is 10.1. The van der Waals surface area contributed by atoms with Crippen LogP contribution in [-0.4, -0.2) is 73.3 Å². The number of aliphatic hydroxyl groups is 1. The summed E-state index contributed by atoms with van der Waals surface area (Å²) in [5, 5.41) is 17.9. The zero-order valence-corrected chi connectivity index (χ0v) is 29.6. The molecule has 14 heteroatoms. The third kappa shape index (κ3) is 8.93. The van der Waals surface area contributed by atoms with E-state index in [1.54, 1.807) is 41.4 Å². The zero-order chi connectivity index (χ0) is 37.4. The smallest absolute Gasteiger partial charge is 0.305 e. The van der Waals surface area contributed by atoms with Crippen molar-refractivity contribution in [3.8, 4) is 11.5 Å². The lowest BCUT2D eigenvalue weighted by molar-refractivity contribution is -0.140. The standard InChI is InChI=1S/C38H43N5O9/c1-22(40-34(45)11-7-8-12-35(46)51-4)36(47)41-23(2)37(48)42-27-14-24(20-44)13-25(15-27)21-52-33-18-30-29(17-32(33)50-3)38(49)43-28(19-39-30)16-26-9-5-6-10-31(26)43/h5-6,9-10,13-15,17-19,22-23,28,44H,7-8,11-12,16,20-21H2,1-4H3,(H,40,45)(H,41,47)(H,42,48)/t22?,23?,28-/m0/s1. The number of hydrogen-bond donors (Lipinski definition) is 4. The molecule has 0 spiro atoms. The van der Waals surface area contributed by atoms with Crippen LogP contribution in [0.25, 0.3) is 0 Å². The van der Waals surface area contributed by atoms with Crippen LogP contribution in [-0.2, 0) is 43.5 Å². The second-order valence-electron chi connectivity index (χ2n) is 12.7. The number of nitrogens with one attached hydrogen (secondary N) is 3. The Kier molecular flexibility index (Phi) is 12.2. The minimum Gasteiger partial charge on any atom is -0.493 e. The predicted molar refractivity (Wildman–Crippen MR) is 193 cm³/mol. The highest BCUT2D eigenvalue weighted by Gasteiger charge is 2.36. The molecule has 2 unspecified atom stereocenters. The third-order valence-electron chi connectivity index (χ3n) is 8.81. The van der Waals surface area contributed by atoms with E-state index >= 15 is 0 Å². The van der Waals surface area contributed by atoms with Crippen molar-refractivity contribution in [2.75, 3.05) is 24.4 Å². The molecule has 2 heterocycles. The lowest BCUT2D eigenvalue weighted by Gasteiger charge is -2.22. The van der Waals surface area contributed by atoms with E-state index in [0.29, 0.717) is 58.8 Å². The largest absolute Gasteiger partial charge is 0.493 e. The van der Waals surface area contributed by atoms with Crippen LogP contribution in [0.4, 0.5) is 17.1 Å². The summed E-state index contributed by atoms with van der Waals surface area (Å²) in [7, 11) is 2.78. The molecule has 0 fully saturated rings. The van der Waals surface area contributed by atoms with E-state index < -0.39 is 23.9 Å². The van der Waals surface area contributed by atoms with Gasteiger partial charge in [0.15, 0.2) is 11.5 Å². The van der Waals surface area contributed by atoms with Crippen molar-refractivity contribution < 1.29 is 43.3 Å². The summed E-state index contributed by atoms with van der Waals surface area (Å²) in [5.74, 6) is -1.25. The monoisotopic (exact) mass is 713 g/mol. The number of carbonyl (C=O) groups excluding carboxylic acids is 5. The van der Waals surface area contributed by atoms with Gasteiger partial charge in [0.1, 0.15) is 18.7 Å². The number of carbonyl (C=O) groups is 5. The van der Waals surface area contributed by atoms with E-state index in [-0.39, 0.29) is 49.9 Å². The molecule has 0 bridgehead atoms. The SMILES string of the molecule is COC(=O)CCCCC(=O)NC(C)C(=O)NC(C)C(=O)Nc1cc(CO)cc(COc2cc3c(cc2OC)C(=O)N2c4ccccc4C[C@H]2C=N3)c1. The highest BCUT2D eigenvalue weighted by molar-refractivity contribution is 6.14. The van der Waals surface area contributed by atoms with Gasteiger partial charge in [-0.15, -0.1) is 0 Å². The molecule has 2 aliphatic rings. The Balaban J connectivity index is 1.19. The molecule has 2 aliphatic heterocycles. The first-order valence-electron chi connectivity index (χ1n) is 17.0. The fraction of sp³-hybridized carbons (Fsp3) is 0.368. The van der Waals surface area contributed by atoms with Crippen molar-refractivity contribution in [1.82, 2.24) is 10.6 Å². The first kappa shape index (κ1) is 37.5. The van der Waals surface area contributed by atoms with Crippen molar-refractivity contribution in [3.05, 3.63) is 76.9 Å². The molecule has 0 aliphatic carbocycles. The minimum absolute atomic E-state index is 0.0256. The number of nitrogens with zero attached hydrogens (tertiary/aromatic N) is 2. The van der Waals surface area contributed by atoms with Crippen LogP contribution in [0, 0.1) is 0 Å². The number of fused-ring (bicyclic) bond motifs is 4. The third-order valence-corrected chi connectivity index (χ3v) is 8.81. The molecule has 3 aromatic rings. The predicted octanol–water partition coefficient (Wildman–Crippen LogP) is 3.74. The summed E-state index contributed by atoms with van der Waals surface area (Å²) in [5.41, 5.74) is 4.29. The second-order valence-corrected chi connectivity index (χ2v) is 12.7. The molecule has 0 radical (unpaired) electrons. The number of amides is 4. The van der Waals surface area contributed by atoms with Crippen LogP contribution in [0.2, 0.25) is 0 Å². The fourth-order valence-electron chi connectivity index (χ4n) is 6.05. The van der Waals surface area contributed by atoms with E-state index in [2.05, 4.69) is 25.7 Å². The van der Waals surface area contributed by atoms with E-state index in [1.165, 1.54) is 28.1 Å². The molecule has 0 aromatic heterocycles. The van der Waals surface area contributed by atoms with E-state index in [1.807, 2.05) is 24.3 Å². The Labute approximate surface area is 301 Å². The van der Waals surface area contributed by atoms with Gasteiger partial charge >= 0.3 is 5.97 Å². The van der Waals surface area contributed by atoms with E-state index in [4.69, 9.17) is 9.47 Å². The minimum atomic E-state index is -0.958. The van der Waals surface area contributed by atoms with Gasteiger partial charge in [0.2, 0.25) is 17.7 Å². The van der Waals surface area contributed by atoms with Gasteiger partial charge in [-0.25, -0.2) is 0 Å². The van der Waals surface area contributed by atoms with Crippen molar-refractivity contribution in [2.45, 2.75) is 77.3 Å². The van der Waals surface area contributed by atoms with Crippen molar-refractivity contribution >= 4 is 52.9 Å². The lowest BCUT2D eigenvalue weighted by Crippen LogP contribution is -2.50. The number of esters is 1. The van der Waals surface area contributed by atoms with Crippen LogP contribution >= 0.6 is 0 Å². The van der Waals surface area contributed by atoms with Gasteiger partial charge in [-0.05, 0) is 73.7 Å². The maximum absolute atomic E-state index is 13.7. The maximum atomic E-state index is 13.7. The van der Waals surface area contributed by atoms with Gasteiger partial charge in [0, 0.05) is 42.9 Å². The van der Waals surface area contributed by atoms with Crippen molar-refractivity contribution in [2.24, 2.45) is 4.99 Å². The van der Waals surface area contributed by atoms with Gasteiger partial charge in [-0.2, -0.15) is 0 Å². The number of benzene rings is 3. The van der Waals surface area contributed by atoms with Gasteiger partial charge in [0.25, 0.3) is 5.91 Å². The Bertz CT molecular complexity index is 1880. The first-order valence-corrected chi connectivity index (χ1v) is 17.0. The van der Waals surface area contributed by atoms with Crippen LogP contribution in [0.3, 0.4) is 0 Å². The second kappa shape index (κ2) is 17.0. The summed E-state index contributed by atoms with van der Waals surface area (Å²) >= 11 is 0.